The van der Waals surface area contributed by atoms with Gasteiger partial charge in [0.15, 0.2) is 11.5 Å². The van der Waals surface area contributed by atoms with Crippen molar-refractivity contribution in [3.8, 4) is 11.5 Å². The van der Waals surface area contributed by atoms with Crippen molar-refractivity contribution in [2.24, 2.45) is 0 Å². The number of hydrogen-bond acceptors (Lipinski definition) is 6. The Morgan fingerprint density at radius 1 is 0.970 bits per heavy atom. The van der Waals surface area contributed by atoms with Crippen molar-refractivity contribution in [1.82, 2.24) is 10.0 Å². The molecule has 0 fully saturated rings. The van der Waals surface area contributed by atoms with Gasteiger partial charge in [-0.2, -0.15) is 0 Å². The topological polar surface area (TPSA) is 123 Å². The summed E-state index contributed by atoms with van der Waals surface area (Å²) in [6.45, 7) is 6.56. The zero-order valence-corrected chi connectivity index (χ0v) is 19.8. The van der Waals surface area contributed by atoms with Gasteiger partial charge >= 0.3 is 0 Å². The molecule has 2 aromatic carbocycles. The van der Waals surface area contributed by atoms with Gasteiger partial charge in [-0.1, -0.05) is 0 Å². The fraction of sp³-hybridized carbons (Fsp3) is 0.391. The highest BCUT2D eigenvalue weighted by Crippen LogP contribution is 2.31. The SMILES string of the molecule is CC(C)(C)NC(=O)c1ccc(NC(=O)CCNS(=O)(=O)c2ccc3c(c2)OCCCO3)cc1. The first-order valence-corrected chi connectivity index (χ1v) is 12.1. The van der Waals surface area contributed by atoms with E-state index in [2.05, 4.69) is 15.4 Å². The predicted molar refractivity (Wildman–Crippen MR) is 124 cm³/mol. The Bertz CT molecular complexity index is 1110. The molecule has 1 aliphatic rings. The Morgan fingerprint density at radius 2 is 1.64 bits per heavy atom. The lowest BCUT2D eigenvalue weighted by Gasteiger charge is -2.20. The van der Waals surface area contributed by atoms with Crippen molar-refractivity contribution in [2.75, 3.05) is 25.1 Å². The molecule has 33 heavy (non-hydrogen) atoms. The molecular formula is C23H29N3O6S. The van der Waals surface area contributed by atoms with Crippen LogP contribution in [0.1, 0.15) is 44.0 Å². The molecule has 178 valence electrons. The first-order chi connectivity index (χ1) is 15.5. The van der Waals surface area contributed by atoms with Gasteiger partial charge < -0.3 is 20.1 Å². The number of nitrogens with one attached hydrogen (secondary N) is 3. The number of fused-ring (bicyclic) bond motifs is 1. The second-order valence-electron chi connectivity index (χ2n) is 8.64. The first kappa shape index (κ1) is 24.5. The molecule has 2 aromatic rings. The van der Waals surface area contributed by atoms with Crippen LogP contribution >= 0.6 is 0 Å². The van der Waals surface area contributed by atoms with Gasteiger partial charge in [0.05, 0.1) is 18.1 Å². The molecule has 1 aliphatic heterocycles. The standard InChI is InChI=1S/C23H29N3O6S/c1-23(2,3)26-22(28)16-5-7-17(8-6-16)25-21(27)11-12-24-33(29,30)18-9-10-19-20(15-18)32-14-4-13-31-19/h5-10,15,24H,4,11-14H2,1-3H3,(H,25,27)(H,26,28). The molecule has 0 aliphatic carbocycles. The van der Waals surface area contributed by atoms with Crippen LogP contribution in [0.2, 0.25) is 0 Å². The number of anilines is 1. The summed E-state index contributed by atoms with van der Waals surface area (Å²) in [5.41, 5.74) is 0.639. The molecule has 3 N–H and O–H groups in total. The van der Waals surface area contributed by atoms with Crippen LogP contribution in [0.3, 0.4) is 0 Å². The lowest BCUT2D eigenvalue weighted by molar-refractivity contribution is -0.116. The van der Waals surface area contributed by atoms with Crippen molar-refractivity contribution in [2.45, 2.75) is 44.0 Å². The van der Waals surface area contributed by atoms with E-state index in [9.17, 15) is 18.0 Å². The summed E-state index contributed by atoms with van der Waals surface area (Å²) < 4.78 is 38.6. The van der Waals surface area contributed by atoms with Crippen molar-refractivity contribution in [3.63, 3.8) is 0 Å². The predicted octanol–water partition coefficient (Wildman–Crippen LogP) is 2.68. The van der Waals surface area contributed by atoms with E-state index >= 15 is 0 Å². The van der Waals surface area contributed by atoms with Gasteiger partial charge in [0.1, 0.15) is 0 Å². The summed E-state index contributed by atoms with van der Waals surface area (Å²) in [5.74, 6) is 0.327. The zero-order valence-electron chi connectivity index (χ0n) is 18.9. The fourth-order valence-corrected chi connectivity index (χ4v) is 4.08. The maximum atomic E-state index is 12.6. The molecular weight excluding hydrogens is 446 g/mol. The van der Waals surface area contributed by atoms with Gasteiger partial charge in [-0.05, 0) is 57.2 Å². The molecule has 0 atom stereocenters. The number of carbonyl (C=O) groups is 2. The molecule has 0 aromatic heterocycles. The van der Waals surface area contributed by atoms with E-state index in [4.69, 9.17) is 9.47 Å². The Labute approximate surface area is 193 Å². The third-order valence-corrected chi connectivity index (χ3v) is 6.05. The Balaban J connectivity index is 1.51. The second kappa shape index (κ2) is 10.2. The lowest BCUT2D eigenvalue weighted by atomic mass is 10.1. The van der Waals surface area contributed by atoms with Crippen molar-refractivity contribution < 1.29 is 27.5 Å². The van der Waals surface area contributed by atoms with Crippen LogP contribution in [0, 0.1) is 0 Å². The van der Waals surface area contributed by atoms with Gasteiger partial charge in [0.2, 0.25) is 15.9 Å². The summed E-state index contributed by atoms with van der Waals surface area (Å²) in [7, 11) is -3.81. The Morgan fingerprint density at radius 3 is 2.30 bits per heavy atom. The largest absolute Gasteiger partial charge is 0.490 e. The molecule has 9 nitrogen and oxygen atoms in total. The third-order valence-electron chi connectivity index (χ3n) is 4.59. The minimum Gasteiger partial charge on any atom is -0.490 e. The maximum Gasteiger partial charge on any atom is 0.251 e. The van der Waals surface area contributed by atoms with E-state index in [-0.39, 0.29) is 35.2 Å². The lowest BCUT2D eigenvalue weighted by Crippen LogP contribution is -2.40. The Kier molecular flexibility index (Phi) is 7.60. The van der Waals surface area contributed by atoms with Crippen LogP contribution in [0.4, 0.5) is 5.69 Å². The van der Waals surface area contributed by atoms with Crippen molar-refractivity contribution in [3.05, 3.63) is 48.0 Å². The minimum atomic E-state index is -3.81. The average molecular weight is 476 g/mol. The summed E-state index contributed by atoms with van der Waals surface area (Å²) in [6, 6.07) is 10.9. The van der Waals surface area contributed by atoms with Crippen LogP contribution in [0.25, 0.3) is 0 Å². The third kappa shape index (κ3) is 7.19. The molecule has 0 saturated carbocycles. The van der Waals surface area contributed by atoms with Crippen LogP contribution in [0.15, 0.2) is 47.4 Å². The number of ether oxygens (including phenoxy) is 2. The van der Waals surface area contributed by atoms with Gasteiger partial charge in [0.25, 0.3) is 5.91 Å². The van der Waals surface area contributed by atoms with E-state index in [0.717, 1.165) is 6.42 Å². The van der Waals surface area contributed by atoms with Gasteiger partial charge in [0, 0.05) is 42.2 Å². The maximum absolute atomic E-state index is 12.6. The van der Waals surface area contributed by atoms with Gasteiger partial charge in [-0.3, -0.25) is 9.59 Å². The number of rotatable bonds is 7. The van der Waals surface area contributed by atoms with E-state index in [1.165, 1.54) is 12.1 Å². The number of benzene rings is 2. The normalized spacial score (nSPS) is 13.7. The highest BCUT2D eigenvalue weighted by molar-refractivity contribution is 7.89. The molecule has 0 unspecified atom stereocenters. The Hall–Kier alpha value is -3.11. The highest BCUT2D eigenvalue weighted by atomic mass is 32.2. The number of carbonyl (C=O) groups excluding carboxylic acids is 2. The number of sulfonamides is 1. The molecule has 10 heteroatoms. The van der Waals surface area contributed by atoms with Crippen LogP contribution in [0.5, 0.6) is 11.5 Å². The molecule has 0 bridgehead atoms. The molecule has 1 heterocycles. The first-order valence-electron chi connectivity index (χ1n) is 10.7. The zero-order chi connectivity index (χ0) is 24.1. The van der Waals surface area contributed by atoms with E-state index in [1.807, 2.05) is 20.8 Å². The van der Waals surface area contributed by atoms with E-state index in [0.29, 0.717) is 36.0 Å². The average Bonchev–Trinajstić information content (AvgIpc) is 2.97. The monoisotopic (exact) mass is 475 g/mol. The summed E-state index contributed by atoms with van der Waals surface area (Å²) in [6.07, 6.45) is 0.660. The van der Waals surface area contributed by atoms with E-state index in [1.54, 1.807) is 30.3 Å². The quantitative estimate of drug-likeness (QED) is 0.566. The van der Waals surface area contributed by atoms with E-state index < -0.39 is 10.0 Å². The number of hydrogen-bond donors (Lipinski definition) is 3. The summed E-state index contributed by atoms with van der Waals surface area (Å²) in [5, 5.41) is 5.55. The smallest absolute Gasteiger partial charge is 0.251 e. The van der Waals surface area contributed by atoms with Gasteiger partial charge in [-0.15, -0.1) is 0 Å². The van der Waals surface area contributed by atoms with Crippen molar-refractivity contribution >= 4 is 27.5 Å². The molecule has 2 amide bonds. The molecule has 3 rings (SSSR count). The van der Waals surface area contributed by atoms with Gasteiger partial charge in [-0.25, -0.2) is 13.1 Å². The molecule has 0 saturated heterocycles. The second-order valence-corrected chi connectivity index (χ2v) is 10.4. The molecule has 0 spiro atoms. The highest BCUT2D eigenvalue weighted by Gasteiger charge is 2.19. The van der Waals surface area contributed by atoms with Crippen LogP contribution in [-0.4, -0.2) is 45.5 Å². The minimum absolute atomic E-state index is 0.0382. The van der Waals surface area contributed by atoms with Crippen LogP contribution in [-0.2, 0) is 14.8 Å². The number of amides is 2. The van der Waals surface area contributed by atoms with Crippen molar-refractivity contribution in [1.29, 1.82) is 0 Å². The molecule has 0 radical (unpaired) electrons. The summed E-state index contributed by atoms with van der Waals surface area (Å²) in [4.78, 5) is 24.4. The summed E-state index contributed by atoms with van der Waals surface area (Å²) >= 11 is 0. The fourth-order valence-electron chi connectivity index (χ4n) is 3.03. The van der Waals surface area contributed by atoms with Crippen LogP contribution < -0.4 is 24.8 Å².